The Morgan fingerprint density at radius 2 is 2.16 bits per heavy atom. The van der Waals surface area contributed by atoms with Gasteiger partial charge in [-0.25, -0.2) is 0 Å². The van der Waals surface area contributed by atoms with Crippen LogP contribution >= 0.6 is 0 Å². The predicted molar refractivity (Wildman–Crippen MR) is 77.6 cm³/mol. The molecule has 0 spiro atoms. The molecule has 0 fully saturated rings. The van der Waals surface area contributed by atoms with Crippen LogP contribution in [0.4, 0.5) is 11.4 Å². The lowest BCUT2D eigenvalue weighted by molar-refractivity contribution is 0.0998. The van der Waals surface area contributed by atoms with Crippen molar-refractivity contribution in [3.8, 4) is 5.75 Å². The molecule has 108 valence electrons. The number of nitrogen functional groups attached to an aromatic ring is 1. The Morgan fingerprint density at radius 1 is 1.42 bits per heavy atom. The van der Waals surface area contributed by atoms with E-state index in [0.29, 0.717) is 18.0 Å². The molecule has 0 aromatic heterocycles. The van der Waals surface area contributed by atoms with Crippen molar-refractivity contribution in [3.05, 3.63) is 18.2 Å². The van der Waals surface area contributed by atoms with Crippen LogP contribution in [0.3, 0.4) is 0 Å². The third kappa shape index (κ3) is 4.61. The van der Waals surface area contributed by atoms with Crippen molar-refractivity contribution in [2.75, 3.05) is 37.4 Å². The number of benzene rings is 1. The molecule has 4 N–H and O–H groups in total. The lowest BCUT2D eigenvalue weighted by atomic mass is 10.2. The van der Waals surface area contributed by atoms with Crippen molar-refractivity contribution < 1.29 is 14.9 Å². The van der Waals surface area contributed by atoms with E-state index in [2.05, 4.69) is 6.92 Å². The van der Waals surface area contributed by atoms with E-state index in [1.165, 1.54) is 0 Å². The highest BCUT2D eigenvalue weighted by Crippen LogP contribution is 2.27. The van der Waals surface area contributed by atoms with Gasteiger partial charge in [0, 0.05) is 24.8 Å². The van der Waals surface area contributed by atoms with Gasteiger partial charge in [-0.3, -0.25) is 0 Å². The van der Waals surface area contributed by atoms with Crippen molar-refractivity contribution in [2.45, 2.75) is 25.9 Å². The summed E-state index contributed by atoms with van der Waals surface area (Å²) in [5, 5.41) is 18.6. The maximum atomic E-state index is 9.62. The van der Waals surface area contributed by atoms with Crippen LogP contribution in [0.2, 0.25) is 0 Å². The van der Waals surface area contributed by atoms with Crippen LogP contribution < -0.4 is 15.4 Å². The fourth-order valence-electron chi connectivity index (χ4n) is 1.88. The van der Waals surface area contributed by atoms with Gasteiger partial charge < -0.3 is 25.6 Å². The molecule has 5 nitrogen and oxygen atoms in total. The average Bonchev–Trinajstić information content (AvgIpc) is 2.43. The molecule has 0 aliphatic carbocycles. The van der Waals surface area contributed by atoms with Crippen LogP contribution in [-0.4, -0.2) is 43.1 Å². The summed E-state index contributed by atoms with van der Waals surface area (Å²) < 4.78 is 5.21. The fraction of sp³-hybridized carbons (Fsp3) is 0.571. The second-order valence-electron chi connectivity index (χ2n) is 4.56. The van der Waals surface area contributed by atoms with Gasteiger partial charge in [-0.05, 0) is 18.6 Å². The lowest BCUT2D eigenvalue weighted by Crippen LogP contribution is -2.35. The normalized spacial score (nSPS) is 12.2. The van der Waals surface area contributed by atoms with Gasteiger partial charge in [0.1, 0.15) is 5.75 Å². The molecule has 1 rings (SSSR count). The number of hydrogen-bond donors (Lipinski definition) is 3. The summed E-state index contributed by atoms with van der Waals surface area (Å²) in [4.78, 5) is 2.03. The van der Waals surface area contributed by atoms with Gasteiger partial charge in [-0.15, -0.1) is 0 Å². The zero-order chi connectivity index (χ0) is 14.3. The number of ether oxygens (including phenoxy) is 1. The molecule has 0 aliphatic heterocycles. The Labute approximate surface area is 114 Å². The van der Waals surface area contributed by atoms with Crippen molar-refractivity contribution >= 4 is 11.4 Å². The molecule has 0 heterocycles. The average molecular weight is 268 g/mol. The Balaban J connectivity index is 2.88. The summed E-state index contributed by atoms with van der Waals surface area (Å²) in [5.41, 5.74) is 7.32. The summed E-state index contributed by atoms with van der Waals surface area (Å²) in [6.07, 6.45) is 1.34. The van der Waals surface area contributed by atoms with Gasteiger partial charge in [-0.2, -0.15) is 0 Å². The SMILES string of the molecule is CCCCN(CC(O)CO)c1ccc(N)c(OC)c1. The van der Waals surface area contributed by atoms with E-state index in [1.54, 1.807) is 13.2 Å². The van der Waals surface area contributed by atoms with Gasteiger partial charge in [0.2, 0.25) is 0 Å². The highest BCUT2D eigenvalue weighted by atomic mass is 16.5. The first kappa shape index (κ1) is 15.6. The van der Waals surface area contributed by atoms with E-state index < -0.39 is 6.10 Å². The highest BCUT2D eigenvalue weighted by molar-refractivity contribution is 5.62. The predicted octanol–water partition coefficient (Wildman–Crippen LogP) is 1.24. The second kappa shape index (κ2) is 7.86. The first-order chi connectivity index (χ1) is 9.12. The summed E-state index contributed by atoms with van der Waals surface area (Å²) in [6.45, 7) is 3.09. The monoisotopic (exact) mass is 268 g/mol. The number of nitrogens with two attached hydrogens (primary N) is 1. The molecule has 5 heteroatoms. The summed E-state index contributed by atoms with van der Waals surface area (Å²) in [7, 11) is 1.58. The molecule has 0 saturated carbocycles. The summed E-state index contributed by atoms with van der Waals surface area (Å²) in [5.74, 6) is 0.623. The van der Waals surface area contributed by atoms with Gasteiger partial charge in [0.25, 0.3) is 0 Å². The van der Waals surface area contributed by atoms with Crippen molar-refractivity contribution in [3.63, 3.8) is 0 Å². The van der Waals surface area contributed by atoms with Crippen LogP contribution in [-0.2, 0) is 0 Å². The zero-order valence-electron chi connectivity index (χ0n) is 11.7. The van der Waals surface area contributed by atoms with Crippen molar-refractivity contribution in [2.24, 2.45) is 0 Å². The third-order valence-electron chi connectivity index (χ3n) is 3.01. The Bertz CT molecular complexity index is 385. The molecule has 0 saturated heterocycles. The van der Waals surface area contributed by atoms with Crippen LogP contribution in [0, 0.1) is 0 Å². The second-order valence-corrected chi connectivity index (χ2v) is 4.56. The fourth-order valence-corrected chi connectivity index (χ4v) is 1.88. The lowest BCUT2D eigenvalue weighted by Gasteiger charge is -2.27. The van der Waals surface area contributed by atoms with Crippen molar-refractivity contribution in [1.29, 1.82) is 0 Å². The van der Waals surface area contributed by atoms with E-state index in [1.807, 2.05) is 17.0 Å². The number of anilines is 2. The van der Waals surface area contributed by atoms with E-state index in [0.717, 1.165) is 25.1 Å². The van der Waals surface area contributed by atoms with Gasteiger partial charge >= 0.3 is 0 Å². The Morgan fingerprint density at radius 3 is 2.74 bits per heavy atom. The third-order valence-corrected chi connectivity index (χ3v) is 3.01. The molecule has 19 heavy (non-hydrogen) atoms. The maximum absolute atomic E-state index is 9.62. The summed E-state index contributed by atoms with van der Waals surface area (Å²) in [6, 6.07) is 5.55. The number of rotatable bonds is 8. The first-order valence-electron chi connectivity index (χ1n) is 6.59. The molecular weight excluding hydrogens is 244 g/mol. The summed E-state index contributed by atoms with van der Waals surface area (Å²) >= 11 is 0. The number of aliphatic hydroxyl groups is 2. The Kier molecular flexibility index (Phi) is 6.45. The number of nitrogens with zero attached hydrogens (tertiary/aromatic N) is 1. The standard InChI is InChI=1S/C14H24N2O3/c1-3-4-7-16(9-12(18)10-17)11-5-6-13(15)14(8-11)19-2/h5-6,8,12,17-18H,3-4,7,9-10,15H2,1-2H3. The van der Waals surface area contributed by atoms with Crippen LogP contribution in [0.5, 0.6) is 5.75 Å². The molecule has 0 amide bonds. The van der Waals surface area contributed by atoms with E-state index >= 15 is 0 Å². The van der Waals surface area contributed by atoms with Gasteiger partial charge in [0.15, 0.2) is 0 Å². The maximum Gasteiger partial charge on any atom is 0.143 e. The van der Waals surface area contributed by atoms with E-state index in [9.17, 15) is 5.11 Å². The minimum atomic E-state index is -0.750. The van der Waals surface area contributed by atoms with Crippen LogP contribution in [0.1, 0.15) is 19.8 Å². The van der Waals surface area contributed by atoms with Gasteiger partial charge in [-0.1, -0.05) is 13.3 Å². The molecule has 1 aromatic rings. The minimum absolute atomic E-state index is 0.241. The van der Waals surface area contributed by atoms with E-state index in [4.69, 9.17) is 15.6 Å². The molecular formula is C14H24N2O3. The molecule has 0 aliphatic rings. The highest BCUT2D eigenvalue weighted by Gasteiger charge is 2.13. The molecule has 0 bridgehead atoms. The first-order valence-corrected chi connectivity index (χ1v) is 6.59. The Hall–Kier alpha value is -1.46. The van der Waals surface area contributed by atoms with E-state index in [-0.39, 0.29) is 6.61 Å². The molecule has 0 radical (unpaired) electrons. The quantitative estimate of drug-likeness (QED) is 0.618. The van der Waals surface area contributed by atoms with Crippen LogP contribution in [0.15, 0.2) is 18.2 Å². The topological polar surface area (TPSA) is 79.0 Å². The van der Waals surface area contributed by atoms with Gasteiger partial charge in [0.05, 0.1) is 25.5 Å². The zero-order valence-corrected chi connectivity index (χ0v) is 11.7. The van der Waals surface area contributed by atoms with Crippen LogP contribution in [0.25, 0.3) is 0 Å². The molecule has 1 aromatic carbocycles. The van der Waals surface area contributed by atoms with Crippen molar-refractivity contribution in [1.82, 2.24) is 0 Å². The molecule has 1 atom stereocenters. The molecule has 1 unspecified atom stereocenters. The smallest absolute Gasteiger partial charge is 0.143 e. The number of methoxy groups -OCH3 is 1. The minimum Gasteiger partial charge on any atom is -0.495 e. The number of unbranched alkanes of at least 4 members (excludes halogenated alkanes) is 1. The number of hydrogen-bond acceptors (Lipinski definition) is 5. The number of aliphatic hydroxyl groups excluding tert-OH is 2. The largest absolute Gasteiger partial charge is 0.495 e.